The summed E-state index contributed by atoms with van der Waals surface area (Å²) in [6.45, 7) is 13.6. The Kier molecular flexibility index (Phi) is 30.4. The molecular formula is C101H111N25O16. The number of ether oxygens (including phenoxy) is 12. The molecule has 0 bridgehead atoms. The predicted molar refractivity (Wildman–Crippen MR) is 535 cm³/mol. The third kappa shape index (κ3) is 22.6. The molecule has 4 fully saturated rings. The van der Waals surface area contributed by atoms with Gasteiger partial charge in [0.1, 0.15) is 58.5 Å². The van der Waals surface area contributed by atoms with E-state index >= 15 is 0 Å². The van der Waals surface area contributed by atoms with E-state index in [0.29, 0.717) is 193 Å². The Bertz CT molecular complexity index is 7170. The van der Waals surface area contributed by atoms with E-state index < -0.39 is 0 Å². The summed E-state index contributed by atoms with van der Waals surface area (Å²) in [5.74, 6) is 4.81. The fraction of sp³-hybridized carbons (Fsp3) is 0.317. The van der Waals surface area contributed by atoms with Gasteiger partial charge < -0.3 is 123 Å². The summed E-state index contributed by atoms with van der Waals surface area (Å²) in [4.78, 5) is 109. The average molecular weight is 1930 g/mol. The minimum Gasteiger partial charge on any atom is -0.495 e. The van der Waals surface area contributed by atoms with Gasteiger partial charge in [0, 0.05) is 222 Å². The van der Waals surface area contributed by atoms with Crippen molar-refractivity contribution in [1.29, 1.82) is 0 Å². The number of fused-ring (bicyclic) bond motifs is 4. The first-order chi connectivity index (χ1) is 69.1. The minimum absolute atomic E-state index is 0.0115. The summed E-state index contributed by atoms with van der Waals surface area (Å²) in [5, 5.41) is 28.5. The summed E-state index contributed by atoms with van der Waals surface area (Å²) < 4.78 is 73.0. The Labute approximate surface area is 816 Å². The SMILES string of the molecule is CCOc1ccc(-c2c[nH]c3nc(Nc4ccc(C(=O)NC)cc4C)nc(O[C@H]4CCOC4)c23)cn1.CCOc1ccc(-c2c[nH]c3nc(Nc4ccc(C(=O)NC)cc4OC)nc(O[C@H]4CCOC4)c23)cn1.CNC(=O)c1ccc(Nc2nc(OC3CCOCC3)c3c(-c4ccn(C)n4)c[nH]c3n2)c(OC)c1.Cc1cc(C(=O)N(C)C)ccc1Nc1nc(O[C@H]2CCOC2)c2c(-c3ccn(C)c3)c[nH]c2n1. The molecule has 0 spiro atoms. The Morgan fingerprint density at radius 3 is 1.14 bits per heavy atom. The number of anilines is 8. The topological polar surface area (TPSA) is 481 Å². The predicted octanol–water partition coefficient (Wildman–Crippen LogP) is 14.6. The summed E-state index contributed by atoms with van der Waals surface area (Å²) >= 11 is 0. The van der Waals surface area contributed by atoms with Crippen molar-refractivity contribution in [2.24, 2.45) is 14.1 Å². The van der Waals surface area contributed by atoms with Crippen LogP contribution in [0.4, 0.5) is 46.5 Å². The number of rotatable bonds is 30. The molecular weight excluding hydrogens is 1820 g/mol. The maximum atomic E-state index is 12.3. The molecule has 4 saturated heterocycles. The average Bonchev–Trinajstić information content (AvgIpc) is 1.62. The summed E-state index contributed by atoms with van der Waals surface area (Å²) in [6, 6.07) is 32.7. The van der Waals surface area contributed by atoms with Crippen molar-refractivity contribution in [1.82, 2.24) is 105 Å². The maximum absolute atomic E-state index is 12.3. The molecule has 3 atom stereocenters. The molecule has 41 heteroatoms. The largest absolute Gasteiger partial charge is 0.495 e. The van der Waals surface area contributed by atoms with Gasteiger partial charge >= 0.3 is 0 Å². The Balaban J connectivity index is 0.000000130. The first kappa shape index (κ1) is 97.1. The van der Waals surface area contributed by atoms with Gasteiger partial charge in [0.05, 0.1) is 119 Å². The third-order valence-electron chi connectivity index (χ3n) is 23.7. The number of pyridine rings is 2. The number of H-pyrrole nitrogens is 4. The smallest absolute Gasteiger partial charge is 0.253 e. The van der Waals surface area contributed by atoms with Gasteiger partial charge in [-0.25, -0.2) is 9.97 Å². The summed E-state index contributed by atoms with van der Waals surface area (Å²) in [5.41, 5.74) is 16.5. The normalized spacial score (nSPS) is 15.0. The standard InChI is InChI=1S/C26H28N6O5.C26H28N6O4.C25H28N6O3.C24H27N7O4/c1-4-36-21-8-6-16(12-28-21)18-13-29-23-22(18)25(37-17-9-10-35-14-17)32-26(31-23)30-19-7-5-15(24(33)27-2)11-20(19)34-3;1-4-35-21-8-6-17(12-28-21)19-13-29-23-22(19)25(36-18-9-10-34-14-18)32-26(31-23)30-20-7-5-16(11-15(20)2)24(33)27-3;1-15-11-16(24(32)30(2)3)5-6-20(15)27-25-28-22-21(23(29-25)34-18-8-10-33-14-18)19(12-26-22)17-7-9-31(4)13-17;1-25-22(32)14-4-5-18(19(12-14)33-3)27-24-28-21-20(16(13-26-21)17-6-9-31(2)30-17)23(29-24)35-15-7-10-34-11-8-15/h5-8,11-13,17H,4,9-10,14H2,1-3H3,(H,27,33)(H2,29,30,31,32);5-8,11-13,18H,4,9-10,14H2,1-3H3,(H,27,33)(H2,29,30,31,32);5-7,9,11-13,18H,8,10,14H2,1-4H3,(H2,26,27,28,29);4-6,9,12-13,15H,7-8,10-11H2,1-3H3,(H,25,32)(H2,26,27,28,29)/t17-;2*18-;/m000./s1. The Morgan fingerprint density at radius 1 is 0.423 bits per heavy atom. The lowest BCUT2D eigenvalue weighted by Gasteiger charge is -2.23. The summed E-state index contributed by atoms with van der Waals surface area (Å²) in [7, 11) is 15.2. The van der Waals surface area contributed by atoms with Crippen molar-refractivity contribution in [3.8, 4) is 91.4 Å². The number of nitrogens with zero attached hydrogens (tertiary/aromatic N) is 14. The molecule has 4 amide bonds. The molecule has 736 valence electrons. The van der Waals surface area contributed by atoms with Crippen LogP contribution in [0.25, 0.3) is 88.8 Å². The number of aryl methyl sites for hydroxylation is 4. The highest BCUT2D eigenvalue weighted by molar-refractivity contribution is 6.03. The van der Waals surface area contributed by atoms with Crippen molar-refractivity contribution >= 4 is 114 Å². The molecule has 0 unspecified atom stereocenters. The fourth-order valence-electron chi connectivity index (χ4n) is 16.4. The highest BCUT2D eigenvalue weighted by atomic mass is 16.6. The van der Waals surface area contributed by atoms with Crippen LogP contribution in [0.1, 0.15) is 98.5 Å². The highest BCUT2D eigenvalue weighted by Gasteiger charge is 2.31. The monoisotopic (exact) mass is 1930 g/mol. The molecule has 0 aliphatic carbocycles. The second-order valence-corrected chi connectivity index (χ2v) is 33.8. The van der Waals surface area contributed by atoms with Gasteiger partial charge in [0.2, 0.25) is 59.1 Å². The lowest BCUT2D eigenvalue weighted by atomic mass is 10.1. The van der Waals surface area contributed by atoms with Crippen LogP contribution in [-0.2, 0) is 33.0 Å². The molecule has 20 rings (SSSR count). The molecule has 12 aromatic heterocycles. The van der Waals surface area contributed by atoms with E-state index in [-0.39, 0.29) is 48.0 Å². The van der Waals surface area contributed by atoms with Crippen LogP contribution in [0.3, 0.4) is 0 Å². The van der Waals surface area contributed by atoms with Crippen LogP contribution in [0.15, 0.2) is 165 Å². The van der Waals surface area contributed by atoms with E-state index in [1.165, 1.54) is 7.11 Å². The van der Waals surface area contributed by atoms with Crippen molar-refractivity contribution in [2.75, 3.05) is 137 Å². The second-order valence-electron chi connectivity index (χ2n) is 33.8. The van der Waals surface area contributed by atoms with Crippen molar-refractivity contribution in [2.45, 2.75) is 84.2 Å². The molecule has 16 aromatic rings. The quantitative estimate of drug-likeness (QED) is 0.0199. The lowest BCUT2D eigenvalue weighted by molar-refractivity contribution is 0.0244. The van der Waals surface area contributed by atoms with Crippen LogP contribution < -0.4 is 75.1 Å². The Morgan fingerprint density at radius 2 is 0.789 bits per heavy atom. The van der Waals surface area contributed by atoms with E-state index in [1.807, 2.05) is 138 Å². The van der Waals surface area contributed by atoms with E-state index in [2.05, 4.69) is 94.5 Å². The van der Waals surface area contributed by atoms with Gasteiger partial charge in [-0.2, -0.15) is 45.0 Å². The fourth-order valence-corrected chi connectivity index (χ4v) is 16.4. The zero-order chi connectivity index (χ0) is 99.0. The van der Waals surface area contributed by atoms with Gasteiger partial charge in [-0.3, -0.25) is 23.9 Å². The molecule has 142 heavy (non-hydrogen) atoms. The molecule has 11 N–H and O–H groups in total. The molecule has 0 radical (unpaired) electrons. The van der Waals surface area contributed by atoms with Gasteiger partial charge in [-0.15, -0.1) is 0 Å². The van der Waals surface area contributed by atoms with Crippen LogP contribution in [-0.4, -0.2) is 253 Å². The lowest BCUT2D eigenvalue weighted by Crippen LogP contribution is -2.26. The van der Waals surface area contributed by atoms with Gasteiger partial charge in [-0.1, -0.05) is 0 Å². The van der Waals surface area contributed by atoms with Crippen molar-refractivity contribution in [3.05, 3.63) is 198 Å². The van der Waals surface area contributed by atoms with Crippen LogP contribution in [0, 0.1) is 13.8 Å². The van der Waals surface area contributed by atoms with E-state index in [4.69, 9.17) is 86.7 Å². The number of hydrogen-bond acceptors (Lipinski definition) is 31. The van der Waals surface area contributed by atoms with Crippen molar-refractivity contribution in [3.63, 3.8) is 0 Å². The third-order valence-corrected chi connectivity index (χ3v) is 23.7. The summed E-state index contributed by atoms with van der Waals surface area (Å²) in [6.07, 6.45) is 20.7. The molecule has 4 aliphatic heterocycles. The second kappa shape index (κ2) is 44.5. The Hall–Kier alpha value is -16.5. The molecule has 4 aliphatic rings. The van der Waals surface area contributed by atoms with Gasteiger partial charge in [0.25, 0.3) is 23.6 Å². The number of aromatic nitrogens is 17. The van der Waals surface area contributed by atoms with Crippen LogP contribution >= 0.6 is 0 Å². The molecule has 41 nitrogen and oxygen atoms in total. The van der Waals surface area contributed by atoms with Gasteiger partial charge in [-0.05, 0) is 136 Å². The first-order valence-electron chi connectivity index (χ1n) is 46.5. The van der Waals surface area contributed by atoms with Crippen LogP contribution in [0.5, 0.6) is 46.8 Å². The number of benzene rings is 4. The van der Waals surface area contributed by atoms with E-state index in [9.17, 15) is 19.2 Å². The minimum atomic E-state index is -0.209. The zero-order valence-corrected chi connectivity index (χ0v) is 80.8. The van der Waals surface area contributed by atoms with Crippen molar-refractivity contribution < 1.29 is 76.0 Å². The van der Waals surface area contributed by atoms with E-state index in [0.717, 1.165) is 121 Å². The van der Waals surface area contributed by atoms with Crippen LogP contribution in [0.2, 0.25) is 0 Å². The number of carbonyl (C=O) groups is 4. The number of aromatic amines is 4. The number of carbonyl (C=O) groups excluding carboxylic acids is 4. The molecule has 16 heterocycles. The zero-order valence-electron chi connectivity index (χ0n) is 80.8. The number of nitrogens with one attached hydrogen (secondary N) is 11. The molecule has 4 aromatic carbocycles. The number of methoxy groups -OCH3 is 2. The highest BCUT2D eigenvalue weighted by Crippen LogP contribution is 2.43. The van der Waals surface area contributed by atoms with E-state index in [1.54, 1.807) is 113 Å². The number of amides is 4. The first-order valence-corrected chi connectivity index (χ1v) is 46.5. The van der Waals surface area contributed by atoms with Gasteiger partial charge in [0.15, 0.2) is 0 Å². The molecule has 0 saturated carbocycles. The number of hydrogen-bond donors (Lipinski definition) is 11. The maximum Gasteiger partial charge on any atom is 0.253 e.